The van der Waals surface area contributed by atoms with Crippen molar-refractivity contribution in [3.8, 4) is 0 Å². The summed E-state index contributed by atoms with van der Waals surface area (Å²) in [6.45, 7) is 12.7. The molecular formula is C18H26O3. The number of hydrogen-bond donors (Lipinski definition) is 1. The fourth-order valence-corrected chi connectivity index (χ4v) is 2.57. The van der Waals surface area contributed by atoms with Gasteiger partial charge in [-0.15, -0.1) is 0 Å². The smallest absolute Gasteiger partial charge is 0.303 e. The number of carboxylic acid groups (broad SMARTS) is 1. The normalized spacial score (nSPS) is 12.3. The minimum absolute atomic E-state index is 0.0476. The summed E-state index contributed by atoms with van der Waals surface area (Å²) in [4.78, 5) is 23.1. The summed E-state index contributed by atoms with van der Waals surface area (Å²) < 4.78 is 0. The second kappa shape index (κ2) is 6.00. The van der Waals surface area contributed by atoms with Crippen LogP contribution in [0.25, 0.3) is 0 Å². The van der Waals surface area contributed by atoms with Gasteiger partial charge in [0.15, 0.2) is 5.78 Å². The van der Waals surface area contributed by atoms with Crippen LogP contribution in [0.5, 0.6) is 0 Å². The van der Waals surface area contributed by atoms with Crippen LogP contribution in [-0.4, -0.2) is 16.9 Å². The number of carboxylic acids is 1. The first-order valence-electron chi connectivity index (χ1n) is 7.33. The molecule has 0 radical (unpaired) electrons. The van der Waals surface area contributed by atoms with E-state index in [1.807, 2.05) is 12.1 Å². The number of benzene rings is 1. The van der Waals surface area contributed by atoms with E-state index in [1.54, 1.807) is 0 Å². The highest BCUT2D eigenvalue weighted by molar-refractivity contribution is 5.99. The third-order valence-electron chi connectivity index (χ3n) is 3.49. The van der Waals surface area contributed by atoms with E-state index >= 15 is 0 Å². The molecule has 1 aromatic carbocycles. The Kier molecular flexibility index (Phi) is 4.98. The maximum absolute atomic E-state index is 12.4. The fourth-order valence-electron chi connectivity index (χ4n) is 2.57. The van der Waals surface area contributed by atoms with E-state index in [1.165, 1.54) is 0 Å². The molecule has 0 atom stereocenters. The molecule has 3 heteroatoms. The molecule has 0 bridgehead atoms. The van der Waals surface area contributed by atoms with Gasteiger partial charge in [-0.1, -0.05) is 59.7 Å². The second-order valence-corrected chi connectivity index (χ2v) is 7.55. The SMILES string of the molecule is CC(C)(C)c1cccc(C(=O)CCC(=O)O)c1C(C)(C)C. The molecular weight excluding hydrogens is 264 g/mol. The molecule has 0 amide bonds. The highest BCUT2D eigenvalue weighted by Crippen LogP contribution is 2.36. The van der Waals surface area contributed by atoms with E-state index in [9.17, 15) is 9.59 Å². The number of carbonyl (C=O) groups is 2. The van der Waals surface area contributed by atoms with Gasteiger partial charge in [0.05, 0.1) is 6.42 Å². The summed E-state index contributed by atoms with van der Waals surface area (Å²) in [7, 11) is 0. The molecule has 3 nitrogen and oxygen atoms in total. The number of hydrogen-bond acceptors (Lipinski definition) is 2. The summed E-state index contributed by atoms with van der Waals surface area (Å²) in [5.74, 6) is -1.03. The molecule has 0 aliphatic carbocycles. The second-order valence-electron chi connectivity index (χ2n) is 7.55. The minimum Gasteiger partial charge on any atom is -0.481 e. The Bertz CT molecular complexity index is 543. The first-order valence-corrected chi connectivity index (χ1v) is 7.33. The van der Waals surface area contributed by atoms with Gasteiger partial charge in [0.1, 0.15) is 0 Å². The zero-order valence-corrected chi connectivity index (χ0v) is 13.9. The Morgan fingerprint density at radius 3 is 1.95 bits per heavy atom. The third kappa shape index (κ3) is 4.42. The van der Waals surface area contributed by atoms with Crippen LogP contribution in [0.4, 0.5) is 0 Å². The fraction of sp³-hybridized carbons (Fsp3) is 0.556. The molecule has 116 valence electrons. The Balaban J connectivity index is 3.39. The van der Waals surface area contributed by atoms with Crippen molar-refractivity contribution in [2.75, 3.05) is 0 Å². The van der Waals surface area contributed by atoms with Crippen LogP contribution in [0.1, 0.15) is 75.9 Å². The number of carbonyl (C=O) groups excluding carboxylic acids is 1. The Labute approximate surface area is 127 Å². The molecule has 0 fully saturated rings. The molecule has 0 unspecified atom stereocenters. The lowest BCUT2D eigenvalue weighted by Gasteiger charge is -2.32. The highest BCUT2D eigenvalue weighted by Gasteiger charge is 2.29. The summed E-state index contributed by atoms with van der Waals surface area (Å²) in [6.07, 6.45) is -0.0752. The average Bonchev–Trinajstić information content (AvgIpc) is 2.32. The lowest BCUT2D eigenvalue weighted by molar-refractivity contribution is -0.136. The predicted molar refractivity (Wildman–Crippen MR) is 85.0 cm³/mol. The van der Waals surface area contributed by atoms with Crippen molar-refractivity contribution >= 4 is 11.8 Å². The molecule has 1 N–H and O–H groups in total. The standard InChI is InChI=1S/C18H26O3/c1-17(2,3)13-9-7-8-12(16(13)18(4,5)6)14(19)10-11-15(20)21/h7-9H,10-11H2,1-6H3,(H,20,21). The van der Waals surface area contributed by atoms with Gasteiger partial charge >= 0.3 is 5.97 Å². The molecule has 0 aliphatic heterocycles. The van der Waals surface area contributed by atoms with Gasteiger partial charge in [0.25, 0.3) is 0 Å². The van der Waals surface area contributed by atoms with Crippen molar-refractivity contribution < 1.29 is 14.7 Å². The molecule has 21 heavy (non-hydrogen) atoms. The van der Waals surface area contributed by atoms with Crippen molar-refractivity contribution in [2.45, 2.75) is 65.2 Å². The van der Waals surface area contributed by atoms with E-state index in [4.69, 9.17) is 5.11 Å². The third-order valence-corrected chi connectivity index (χ3v) is 3.49. The monoisotopic (exact) mass is 290 g/mol. The van der Waals surface area contributed by atoms with Gasteiger partial charge in [-0.3, -0.25) is 9.59 Å². The lowest BCUT2D eigenvalue weighted by Crippen LogP contribution is -2.25. The number of Topliss-reactive ketones (excluding diaryl/α,β-unsaturated/α-hetero) is 1. The Hall–Kier alpha value is -1.64. The summed E-state index contributed by atoms with van der Waals surface area (Å²) in [5, 5.41) is 8.77. The van der Waals surface area contributed by atoms with Gasteiger partial charge in [-0.2, -0.15) is 0 Å². The van der Waals surface area contributed by atoms with Crippen LogP contribution in [0.15, 0.2) is 18.2 Å². The van der Waals surface area contributed by atoms with Crippen LogP contribution >= 0.6 is 0 Å². The number of ketones is 1. The zero-order valence-electron chi connectivity index (χ0n) is 13.9. The van der Waals surface area contributed by atoms with Gasteiger partial charge in [-0.25, -0.2) is 0 Å². The van der Waals surface area contributed by atoms with Gasteiger partial charge in [-0.05, 0) is 22.0 Å². The lowest BCUT2D eigenvalue weighted by atomic mass is 9.72. The van der Waals surface area contributed by atoms with E-state index in [2.05, 4.69) is 47.6 Å². The maximum atomic E-state index is 12.4. The summed E-state index contributed by atoms with van der Waals surface area (Å²) in [5.41, 5.74) is 2.62. The molecule has 0 aliphatic rings. The highest BCUT2D eigenvalue weighted by atomic mass is 16.4. The van der Waals surface area contributed by atoms with Crippen molar-refractivity contribution in [2.24, 2.45) is 0 Å². The molecule has 0 aromatic heterocycles. The van der Waals surface area contributed by atoms with E-state index in [0.717, 1.165) is 11.1 Å². The maximum Gasteiger partial charge on any atom is 0.303 e. The van der Waals surface area contributed by atoms with E-state index in [-0.39, 0.29) is 29.5 Å². The topological polar surface area (TPSA) is 54.4 Å². The Morgan fingerprint density at radius 2 is 1.52 bits per heavy atom. The van der Waals surface area contributed by atoms with Crippen molar-refractivity contribution in [1.29, 1.82) is 0 Å². The molecule has 0 spiro atoms. The molecule has 0 saturated heterocycles. The predicted octanol–water partition coefficient (Wildman–Crippen LogP) is 4.33. The van der Waals surface area contributed by atoms with Crippen LogP contribution in [0, 0.1) is 0 Å². The van der Waals surface area contributed by atoms with E-state index < -0.39 is 5.97 Å². The largest absolute Gasteiger partial charge is 0.481 e. The van der Waals surface area contributed by atoms with Crippen LogP contribution < -0.4 is 0 Å². The first-order chi connectivity index (χ1) is 9.44. The number of rotatable bonds is 4. The first kappa shape index (κ1) is 17.4. The van der Waals surface area contributed by atoms with Gasteiger partial charge in [0, 0.05) is 12.0 Å². The van der Waals surface area contributed by atoms with Crippen molar-refractivity contribution in [3.63, 3.8) is 0 Å². The van der Waals surface area contributed by atoms with Crippen LogP contribution in [0.2, 0.25) is 0 Å². The van der Waals surface area contributed by atoms with E-state index in [0.29, 0.717) is 5.56 Å². The van der Waals surface area contributed by atoms with Gasteiger partial charge in [0.2, 0.25) is 0 Å². The zero-order chi connectivity index (χ0) is 16.4. The quantitative estimate of drug-likeness (QED) is 0.840. The summed E-state index contributed by atoms with van der Waals surface area (Å²) in [6, 6.07) is 5.78. The molecule has 0 heterocycles. The van der Waals surface area contributed by atoms with Crippen LogP contribution in [0.3, 0.4) is 0 Å². The van der Waals surface area contributed by atoms with Gasteiger partial charge < -0.3 is 5.11 Å². The van der Waals surface area contributed by atoms with Crippen molar-refractivity contribution in [1.82, 2.24) is 0 Å². The van der Waals surface area contributed by atoms with Crippen molar-refractivity contribution in [3.05, 3.63) is 34.9 Å². The molecule has 1 rings (SSSR count). The summed E-state index contributed by atoms with van der Waals surface area (Å²) >= 11 is 0. The minimum atomic E-state index is -0.937. The molecule has 1 aromatic rings. The average molecular weight is 290 g/mol. The Morgan fingerprint density at radius 1 is 0.952 bits per heavy atom. The van der Waals surface area contributed by atoms with Crippen LogP contribution in [-0.2, 0) is 15.6 Å². The molecule has 0 saturated carbocycles. The number of aliphatic carboxylic acids is 1.